The van der Waals surface area contributed by atoms with Crippen LogP contribution < -0.4 is 10.9 Å². The van der Waals surface area contributed by atoms with Gasteiger partial charge in [-0.05, 0) is 56.3 Å². The van der Waals surface area contributed by atoms with E-state index in [1.807, 2.05) is 19.9 Å². The average molecular weight is 362 g/mol. The second-order valence-electron chi connectivity index (χ2n) is 6.10. The van der Waals surface area contributed by atoms with E-state index in [0.29, 0.717) is 23.0 Å². The zero-order chi connectivity index (χ0) is 18.2. The molecule has 1 atom stereocenters. The highest BCUT2D eigenvalue weighted by Gasteiger charge is 2.54. The highest BCUT2D eigenvalue weighted by atomic mass is 32.2. The summed E-state index contributed by atoms with van der Waals surface area (Å²) in [6, 6.07) is 5.17. The van der Waals surface area contributed by atoms with Gasteiger partial charge in [-0.2, -0.15) is 0 Å². The van der Waals surface area contributed by atoms with Gasteiger partial charge in [0.25, 0.3) is 5.91 Å². The molecule has 0 saturated carbocycles. The van der Waals surface area contributed by atoms with Crippen molar-refractivity contribution in [2.75, 3.05) is 6.54 Å². The minimum atomic E-state index is -1.70. The van der Waals surface area contributed by atoms with Crippen molar-refractivity contribution in [2.24, 2.45) is 4.99 Å². The zero-order valence-corrected chi connectivity index (χ0v) is 15.0. The molecule has 6 nitrogen and oxygen atoms in total. The van der Waals surface area contributed by atoms with Crippen LogP contribution in [0.3, 0.4) is 0 Å². The number of hydrazine groups is 1. The van der Waals surface area contributed by atoms with E-state index in [1.54, 1.807) is 6.92 Å². The summed E-state index contributed by atoms with van der Waals surface area (Å²) < 4.78 is 13.4. The van der Waals surface area contributed by atoms with E-state index in [1.165, 1.54) is 29.2 Å². The van der Waals surface area contributed by atoms with Crippen molar-refractivity contribution in [3.63, 3.8) is 0 Å². The lowest BCUT2D eigenvalue weighted by Crippen LogP contribution is -2.52. The number of carbonyl (C=O) groups excluding carboxylic acids is 2. The second kappa shape index (κ2) is 6.61. The topological polar surface area (TPSA) is 73.8 Å². The van der Waals surface area contributed by atoms with Crippen molar-refractivity contribution in [1.82, 2.24) is 15.8 Å². The molecule has 25 heavy (non-hydrogen) atoms. The van der Waals surface area contributed by atoms with E-state index in [0.717, 1.165) is 11.8 Å². The molecule has 2 aliphatic heterocycles. The number of carbonyl (C=O) groups is 2. The van der Waals surface area contributed by atoms with Gasteiger partial charge in [0.15, 0.2) is 0 Å². The Morgan fingerprint density at radius 2 is 2.04 bits per heavy atom. The van der Waals surface area contributed by atoms with Gasteiger partial charge in [0.05, 0.1) is 5.04 Å². The van der Waals surface area contributed by atoms with Crippen molar-refractivity contribution in [3.05, 3.63) is 47.5 Å². The Hall–Kier alpha value is -2.19. The van der Waals surface area contributed by atoms with Crippen LogP contribution in [0.1, 0.15) is 26.3 Å². The van der Waals surface area contributed by atoms with Gasteiger partial charge < -0.3 is 5.43 Å². The molecular formula is C17H19FN4O2S. The Kier molecular flexibility index (Phi) is 4.66. The van der Waals surface area contributed by atoms with Crippen molar-refractivity contribution >= 4 is 27.8 Å². The summed E-state index contributed by atoms with van der Waals surface area (Å²) in [5.74, 6) is -0.305. The van der Waals surface area contributed by atoms with Gasteiger partial charge in [-0.3, -0.25) is 19.5 Å². The van der Waals surface area contributed by atoms with Gasteiger partial charge in [-0.1, -0.05) is 12.1 Å². The molecule has 1 amide bonds. The SMILES string of the molecule is CC1=NC(C(=O)N(C2=CCNN2)C(C)C)(c2ccc(F)cc2)C(=O)S1. The maximum absolute atomic E-state index is 13.5. The predicted octanol–water partition coefficient (Wildman–Crippen LogP) is 1.90. The molecule has 0 saturated heterocycles. The summed E-state index contributed by atoms with van der Waals surface area (Å²) >= 11 is 0.941. The van der Waals surface area contributed by atoms with E-state index in [-0.39, 0.29) is 11.2 Å². The molecule has 8 heteroatoms. The maximum Gasteiger partial charge on any atom is 0.269 e. The fourth-order valence-corrected chi connectivity index (χ4v) is 3.79. The molecule has 0 bridgehead atoms. The minimum absolute atomic E-state index is 0.197. The van der Waals surface area contributed by atoms with Crippen LogP contribution in [0.4, 0.5) is 4.39 Å². The van der Waals surface area contributed by atoms with Crippen LogP contribution in [0.2, 0.25) is 0 Å². The van der Waals surface area contributed by atoms with Gasteiger partial charge in [0.1, 0.15) is 11.6 Å². The number of amides is 1. The number of hydrogen-bond acceptors (Lipinski definition) is 6. The molecule has 2 N–H and O–H groups in total. The minimum Gasteiger partial charge on any atom is -0.307 e. The predicted molar refractivity (Wildman–Crippen MR) is 95.0 cm³/mol. The highest BCUT2D eigenvalue weighted by Crippen LogP contribution is 2.41. The van der Waals surface area contributed by atoms with E-state index in [2.05, 4.69) is 15.8 Å². The summed E-state index contributed by atoms with van der Waals surface area (Å²) in [5.41, 5.74) is 4.53. The number of hydrogen-bond donors (Lipinski definition) is 2. The van der Waals surface area contributed by atoms with Gasteiger partial charge in [0, 0.05) is 12.6 Å². The molecule has 0 fully saturated rings. The lowest BCUT2D eigenvalue weighted by atomic mass is 9.89. The quantitative estimate of drug-likeness (QED) is 0.801. The number of rotatable bonds is 4. The summed E-state index contributed by atoms with van der Waals surface area (Å²) in [7, 11) is 0. The highest BCUT2D eigenvalue weighted by molar-refractivity contribution is 8.27. The molecule has 0 aliphatic carbocycles. The molecule has 0 radical (unpaired) electrons. The van der Waals surface area contributed by atoms with Crippen LogP contribution in [0.15, 0.2) is 41.2 Å². The van der Waals surface area contributed by atoms with Crippen LogP contribution in [0.25, 0.3) is 0 Å². The molecular weight excluding hydrogens is 343 g/mol. The van der Waals surface area contributed by atoms with E-state index < -0.39 is 17.3 Å². The molecule has 1 aromatic carbocycles. The summed E-state index contributed by atoms with van der Waals surface area (Å²) in [6.07, 6.45) is 1.83. The number of halogens is 1. The number of nitrogens with one attached hydrogen (secondary N) is 2. The summed E-state index contributed by atoms with van der Waals surface area (Å²) in [4.78, 5) is 32.3. The van der Waals surface area contributed by atoms with Crippen LogP contribution in [0.5, 0.6) is 0 Å². The normalized spacial score (nSPS) is 22.7. The lowest BCUT2D eigenvalue weighted by molar-refractivity contribution is -0.140. The van der Waals surface area contributed by atoms with Crippen molar-refractivity contribution in [2.45, 2.75) is 32.4 Å². The van der Waals surface area contributed by atoms with Crippen LogP contribution >= 0.6 is 11.8 Å². The largest absolute Gasteiger partial charge is 0.307 e. The summed E-state index contributed by atoms with van der Waals surface area (Å²) in [5, 5.41) is 0.136. The fraction of sp³-hybridized carbons (Fsp3) is 0.353. The fourth-order valence-electron chi connectivity index (χ4n) is 2.94. The van der Waals surface area contributed by atoms with Crippen molar-refractivity contribution in [3.8, 4) is 0 Å². The van der Waals surface area contributed by atoms with Crippen molar-refractivity contribution in [1.29, 1.82) is 0 Å². The molecule has 2 heterocycles. The Bertz CT molecular complexity index is 775. The molecule has 3 rings (SSSR count). The van der Waals surface area contributed by atoms with Gasteiger partial charge >= 0.3 is 0 Å². The molecule has 1 unspecified atom stereocenters. The molecule has 0 spiro atoms. The Morgan fingerprint density at radius 3 is 2.52 bits per heavy atom. The molecule has 2 aliphatic rings. The maximum atomic E-state index is 13.5. The Morgan fingerprint density at radius 1 is 1.36 bits per heavy atom. The monoisotopic (exact) mass is 362 g/mol. The molecule has 132 valence electrons. The first-order valence-electron chi connectivity index (χ1n) is 7.93. The Balaban J connectivity index is 2.13. The number of aliphatic imine (C=N–C) groups is 1. The summed E-state index contributed by atoms with van der Waals surface area (Å²) in [6.45, 7) is 5.98. The first-order chi connectivity index (χ1) is 11.9. The van der Waals surface area contributed by atoms with E-state index in [4.69, 9.17) is 0 Å². The van der Waals surface area contributed by atoms with E-state index in [9.17, 15) is 14.0 Å². The van der Waals surface area contributed by atoms with Gasteiger partial charge in [-0.25, -0.2) is 9.82 Å². The Labute approximate surface area is 149 Å². The number of thioether (sulfide) groups is 1. The first kappa shape index (κ1) is 17.6. The number of benzene rings is 1. The molecule has 1 aromatic rings. The number of nitrogens with zero attached hydrogens (tertiary/aromatic N) is 2. The third-order valence-corrected chi connectivity index (χ3v) is 4.91. The van der Waals surface area contributed by atoms with E-state index >= 15 is 0 Å². The van der Waals surface area contributed by atoms with Crippen LogP contribution in [0, 0.1) is 5.82 Å². The average Bonchev–Trinajstić information content (AvgIpc) is 3.16. The third kappa shape index (κ3) is 2.96. The smallest absolute Gasteiger partial charge is 0.269 e. The molecule has 0 aromatic heterocycles. The zero-order valence-electron chi connectivity index (χ0n) is 14.2. The van der Waals surface area contributed by atoms with Crippen molar-refractivity contribution < 1.29 is 14.0 Å². The van der Waals surface area contributed by atoms with Gasteiger partial charge in [-0.15, -0.1) is 0 Å². The first-order valence-corrected chi connectivity index (χ1v) is 8.75. The third-order valence-electron chi connectivity index (χ3n) is 4.04. The standard InChI is InChI=1S/C17H19FN4O2S/c1-10(2)22(14-8-9-19-21-14)15(23)17(16(24)25-11(3)20-17)12-4-6-13(18)7-5-12/h4-8,10,19,21H,9H2,1-3H3. The van der Waals surface area contributed by atoms with Crippen LogP contribution in [-0.2, 0) is 15.1 Å². The van der Waals surface area contributed by atoms with Gasteiger partial charge in [0.2, 0.25) is 10.7 Å². The lowest BCUT2D eigenvalue weighted by Gasteiger charge is -2.34. The second-order valence-corrected chi connectivity index (χ2v) is 7.27. The van der Waals surface area contributed by atoms with Crippen LogP contribution in [-0.4, -0.2) is 33.6 Å².